The first kappa shape index (κ1) is 19.6. The van der Waals surface area contributed by atoms with E-state index in [9.17, 15) is 19.2 Å². The van der Waals surface area contributed by atoms with Gasteiger partial charge in [0.15, 0.2) is 0 Å². The summed E-state index contributed by atoms with van der Waals surface area (Å²) in [4.78, 5) is 48.7. The molecule has 0 N–H and O–H groups in total. The molecule has 2 aromatic heterocycles. The van der Waals surface area contributed by atoms with Gasteiger partial charge in [0.1, 0.15) is 9.75 Å². The molecule has 0 bridgehead atoms. The number of hydrogen-bond acceptors (Lipinski definition) is 10. The highest BCUT2D eigenvalue weighted by molar-refractivity contribution is 7.14. The van der Waals surface area contributed by atoms with Gasteiger partial charge >= 0.3 is 23.9 Å². The van der Waals surface area contributed by atoms with Crippen molar-refractivity contribution in [1.29, 1.82) is 0 Å². The van der Waals surface area contributed by atoms with Gasteiger partial charge in [-0.15, -0.1) is 22.7 Å². The van der Waals surface area contributed by atoms with Crippen LogP contribution in [-0.4, -0.2) is 52.3 Å². The van der Waals surface area contributed by atoms with Gasteiger partial charge in [-0.05, 0) is 0 Å². The average Bonchev–Trinajstić information content (AvgIpc) is 3.29. The third kappa shape index (κ3) is 3.33. The smallest absolute Gasteiger partial charge is 0.348 e. The van der Waals surface area contributed by atoms with Crippen LogP contribution in [0.5, 0.6) is 0 Å². The third-order valence-electron chi connectivity index (χ3n) is 3.38. The molecule has 0 radical (unpaired) electrons. The maximum Gasteiger partial charge on any atom is 0.348 e. The molecular formula is C16H14O8S2. The predicted octanol–water partition coefficient (Wildman–Crippen LogP) is 2.62. The van der Waals surface area contributed by atoms with Crippen molar-refractivity contribution in [2.75, 3.05) is 28.4 Å². The first-order chi connectivity index (χ1) is 12.4. The molecule has 0 spiro atoms. The van der Waals surface area contributed by atoms with Crippen molar-refractivity contribution in [2.24, 2.45) is 0 Å². The number of ether oxygens (including phenoxy) is 4. The number of hydrogen-bond donors (Lipinski definition) is 0. The van der Waals surface area contributed by atoms with Crippen molar-refractivity contribution in [2.45, 2.75) is 0 Å². The third-order valence-corrected chi connectivity index (χ3v) is 5.30. The van der Waals surface area contributed by atoms with Gasteiger partial charge in [0.25, 0.3) is 0 Å². The maximum atomic E-state index is 12.2. The van der Waals surface area contributed by atoms with E-state index in [-0.39, 0.29) is 32.0 Å². The Morgan fingerprint density at radius 1 is 0.615 bits per heavy atom. The lowest BCUT2D eigenvalue weighted by Gasteiger charge is -2.09. The van der Waals surface area contributed by atoms with Gasteiger partial charge in [0, 0.05) is 21.9 Å². The fraction of sp³-hybridized carbons (Fsp3) is 0.250. The summed E-state index contributed by atoms with van der Waals surface area (Å²) in [6.07, 6.45) is 0. The summed E-state index contributed by atoms with van der Waals surface area (Å²) in [5, 5.41) is 2.79. The zero-order valence-corrected chi connectivity index (χ0v) is 15.9. The molecule has 0 amide bonds. The Bertz CT molecular complexity index is 738. The van der Waals surface area contributed by atoms with E-state index in [4.69, 9.17) is 18.9 Å². The van der Waals surface area contributed by atoms with Crippen LogP contribution in [0, 0.1) is 0 Å². The molecule has 2 aromatic rings. The van der Waals surface area contributed by atoms with Crippen molar-refractivity contribution < 1.29 is 38.1 Å². The zero-order chi connectivity index (χ0) is 19.4. The molecule has 10 heteroatoms. The van der Waals surface area contributed by atoms with Gasteiger partial charge in [-0.25, -0.2) is 19.2 Å². The average molecular weight is 398 g/mol. The molecule has 0 atom stereocenters. The number of rotatable bonds is 5. The van der Waals surface area contributed by atoms with Gasteiger partial charge in [0.2, 0.25) is 0 Å². The van der Waals surface area contributed by atoms with Crippen LogP contribution < -0.4 is 0 Å². The standard InChI is InChI=1S/C16H14O8S2/c1-21-13(17)7-5-25-11(15(19)23-3)9(7)10-8(14(18)22-2)6-26-12(10)16(20)24-4/h5-6H,1-4H3. The molecule has 0 unspecified atom stereocenters. The van der Waals surface area contributed by atoms with E-state index in [1.54, 1.807) is 0 Å². The molecule has 2 rings (SSSR count). The van der Waals surface area contributed by atoms with E-state index in [2.05, 4.69) is 0 Å². The van der Waals surface area contributed by atoms with Crippen LogP contribution in [0.25, 0.3) is 11.1 Å². The summed E-state index contributed by atoms with van der Waals surface area (Å²) in [7, 11) is 4.72. The van der Waals surface area contributed by atoms with E-state index in [0.717, 1.165) is 22.7 Å². The second-order valence-electron chi connectivity index (χ2n) is 4.67. The first-order valence-corrected chi connectivity index (χ1v) is 8.73. The lowest BCUT2D eigenvalue weighted by Crippen LogP contribution is -2.10. The molecular weight excluding hydrogens is 384 g/mol. The Labute approximate surface area is 156 Å². The van der Waals surface area contributed by atoms with E-state index >= 15 is 0 Å². The second kappa shape index (κ2) is 8.11. The molecule has 138 valence electrons. The summed E-state index contributed by atoms with van der Waals surface area (Å²) in [6.45, 7) is 0. The topological polar surface area (TPSA) is 105 Å². The van der Waals surface area contributed by atoms with Crippen molar-refractivity contribution in [3.05, 3.63) is 31.6 Å². The Morgan fingerprint density at radius 3 is 1.19 bits per heavy atom. The summed E-state index contributed by atoms with van der Waals surface area (Å²) in [5.41, 5.74) is 0.171. The minimum atomic E-state index is -0.732. The molecule has 0 saturated carbocycles. The highest BCUT2D eigenvalue weighted by Crippen LogP contribution is 2.41. The van der Waals surface area contributed by atoms with Crippen LogP contribution in [0.2, 0.25) is 0 Å². The summed E-state index contributed by atoms with van der Waals surface area (Å²) < 4.78 is 19.0. The first-order valence-electron chi connectivity index (χ1n) is 6.97. The fourth-order valence-corrected chi connectivity index (χ4v) is 4.14. The normalized spacial score (nSPS) is 10.2. The number of carbonyl (C=O) groups excluding carboxylic acids is 4. The lowest BCUT2D eigenvalue weighted by atomic mass is 9.98. The summed E-state index contributed by atoms with van der Waals surface area (Å²) >= 11 is 1.86. The van der Waals surface area contributed by atoms with Crippen LogP contribution in [0.1, 0.15) is 40.1 Å². The van der Waals surface area contributed by atoms with Gasteiger partial charge in [0.05, 0.1) is 39.6 Å². The zero-order valence-electron chi connectivity index (χ0n) is 14.2. The molecule has 0 aliphatic rings. The summed E-state index contributed by atoms with van der Waals surface area (Å²) in [5.74, 6) is -2.91. The maximum absolute atomic E-state index is 12.2. The highest BCUT2D eigenvalue weighted by Gasteiger charge is 2.33. The Kier molecular flexibility index (Phi) is 6.11. The van der Waals surface area contributed by atoms with Gasteiger partial charge in [-0.2, -0.15) is 0 Å². The van der Waals surface area contributed by atoms with E-state index < -0.39 is 23.9 Å². The molecule has 0 saturated heterocycles. The molecule has 0 aliphatic carbocycles. The number of methoxy groups -OCH3 is 4. The molecule has 0 aromatic carbocycles. The minimum Gasteiger partial charge on any atom is -0.465 e. The Balaban J connectivity index is 2.89. The predicted molar refractivity (Wildman–Crippen MR) is 93.0 cm³/mol. The largest absolute Gasteiger partial charge is 0.465 e. The fourth-order valence-electron chi connectivity index (χ4n) is 2.22. The van der Waals surface area contributed by atoms with Gasteiger partial charge < -0.3 is 18.9 Å². The summed E-state index contributed by atoms with van der Waals surface area (Å²) in [6, 6.07) is 0. The van der Waals surface area contributed by atoms with Crippen LogP contribution in [0.4, 0.5) is 0 Å². The van der Waals surface area contributed by atoms with Gasteiger partial charge in [-0.1, -0.05) is 0 Å². The van der Waals surface area contributed by atoms with Crippen LogP contribution in [0.3, 0.4) is 0 Å². The van der Waals surface area contributed by atoms with E-state index in [1.165, 1.54) is 39.2 Å². The SMILES string of the molecule is COC(=O)c1csc(C(=O)OC)c1-c1c(C(=O)OC)csc1C(=O)OC. The van der Waals surface area contributed by atoms with Crippen LogP contribution in [0.15, 0.2) is 10.8 Å². The molecule has 26 heavy (non-hydrogen) atoms. The van der Waals surface area contributed by atoms with Crippen molar-refractivity contribution in [3.8, 4) is 11.1 Å². The van der Waals surface area contributed by atoms with Crippen molar-refractivity contribution in [3.63, 3.8) is 0 Å². The van der Waals surface area contributed by atoms with Gasteiger partial charge in [-0.3, -0.25) is 0 Å². The minimum absolute atomic E-state index is 0.0200. The molecule has 2 heterocycles. The number of thiophene rings is 2. The van der Waals surface area contributed by atoms with Crippen LogP contribution in [-0.2, 0) is 18.9 Å². The Morgan fingerprint density at radius 2 is 0.923 bits per heavy atom. The number of carbonyl (C=O) groups is 4. The van der Waals surface area contributed by atoms with Crippen molar-refractivity contribution in [1.82, 2.24) is 0 Å². The molecule has 8 nitrogen and oxygen atoms in total. The van der Waals surface area contributed by atoms with Crippen LogP contribution >= 0.6 is 22.7 Å². The second-order valence-corrected chi connectivity index (χ2v) is 6.43. The molecule has 0 fully saturated rings. The quantitative estimate of drug-likeness (QED) is 0.559. The van der Waals surface area contributed by atoms with E-state index in [0.29, 0.717) is 0 Å². The Hall–Kier alpha value is -2.72. The lowest BCUT2D eigenvalue weighted by molar-refractivity contribution is 0.0583. The number of esters is 4. The van der Waals surface area contributed by atoms with E-state index in [1.807, 2.05) is 0 Å². The highest BCUT2D eigenvalue weighted by atomic mass is 32.1. The molecule has 0 aliphatic heterocycles. The van der Waals surface area contributed by atoms with Crippen molar-refractivity contribution >= 4 is 46.6 Å². The monoisotopic (exact) mass is 398 g/mol.